The zero-order valence-corrected chi connectivity index (χ0v) is 24.5. The lowest BCUT2D eigenvalue weighted by Gasteiger charge is -2.19. The molecular formula is C34H60O2. The number of carbonyl (C=O) groups is 1. The van der Waals surface area contributed by atoms with Crippen LogP contribution in [0.1, 0.15) is 183 Å². The molecule has 1 rings (SSSR count). The molecule has 0 radical (unpaired) electrons. The van der Waals surface area contributed by atoms with Gasteiger partial charge in [-0.1, -0.05) is 136 Å². The third-order valence-corrected chi connectivity index (χ3v) is 7.89. The molecule has 1 aromatic carbocycles. The minimum absolute atomic E-state index is 0.212. The van der Waals surface area contributed by atoms with Gasteiger partial charge >= 0.3 is 0 Å². The van der Waals surface area contributed by atoms with E-state index in [-0.39, 0.29) is 5.75 Å². The molecule has 2 heteroatoms. The van der Waals surface area contributed by atoms with Crippen molar-refractivity contribution in [3.05, 3.63) is 28.3 Å². The van der Waals surface area contributed by atoms with Crippen molar-refractivity contribution in [3.63, 3.8) is 0 Å². The molecule has 1 aromatic rings. The summed E-state index contributed by atoms with van der Waals surface area (Å²) in [6, 6.07) is 1.94. The highest BCUT2D eigenvalue weighted by Crippen LogP contribution is 2.31. The lowest BCUT2D eigenvalue weighted by atomic mass is 9.86. The van der Waals surface area contributed by atoms with Gasteiger partial charge in [0.25, 0.3) is 0 Å². The number of phenols is 1. The van der Waals surface area contributed by atoms with E-state index in [1.165, 1.54) is 145 Å². The van der Waals surface area contributed by atoms with Gasteiger partial charge in [0, 0.05) is 0 Å². The minimum atomic E-state index is 0.212. The highest BCUT2D eigenvalue weighted by atomic mass is 16.3. The summed E-state index contributed by atoms with van der Waals surface area (Å²) in [5.41, 5.74) is 4.46. The quantitative estimate of drug-likeness (QED) is 0.107. The van der Waals surface area contributed by atoms with E-state index in [4.69, 9.17) is 0 Å². The van der Waals surface area contributed by atoms with Gasteiger partial charge in [0.05, 0.1) is 5.56 Å². The van der Waals surface area contributed by atoms with Crippen molar-refractivity contribution in [2.45, 2.75) is 175 Å². The second kappa shape index (κ2) is 22.9. The molecule has 1 N–H and O–H groups in total. The molecule has 0 aromatic heterocycles. The summed E-state index contributed by atoms with van der Waals surface area (Å²) in [5, 5.41) is 10.8. The molecule has 0 aliphatic heterocycles. The maximum Gasteiger partial charge on any atom is 0.154 e. The molecule has 0 fully saturated rings. The van der Waals surface area contributed by atoms with Crippen LogP contribution in [0.5, 0.6) is 5.75 Å². The molecule has 0 saturated heterocycles. The molecule has 0 spiro atoms. The molecule has 0 bridgehead atoms. The molecule has 0 aliphatic carbocycles. The summed E-state index contributed by atoms with van der Waals surface area (Å²) in [5.74, 6) is 0.212. The first-order valence-corrected chi connectivity index (χ1v) is 16.0. The lowest BCUT2D eigenvalue weighted by molar-refractivity contribution is 0.112. The Morgan fingerprint density at radius 2 is 0.889 bits per heavy atom. The average Bonchev–Trinajstić information content (AvgIpc) is 2.88. The molecule has 208 valence electrons. The van der Waals surface area contributed by atoms with Crippen LogP contribution in [0.15, 0.2) is 6.07 Å². The first-order valence-electron chi connectivity index (χ1n) is 16.0. The van der Waals surface area contributed by atoms with Crippen molar-refractivity contribution < 1.29 is 9.90 Å². The van der Waals surface area contributed by atoms with Gasteiger partial charge in [0.15, 0.2) is 6.29 Å². The van der Waals surface area contributed by atoms with Crippen molar-refractivity contribution >= 4 is 6.29 Å². The molecule has 0 amide bonds. The van der Waals surface area contributed by atoms with Gasteiger partial charge in [-0.3, -0.25) is 4.79 Å². The number of benzene rings is 1. The number of phenolic OH excluding ortho intramolecular Hbond substituents is 1. The molecule has 0 aliphatic rings. The zero-order chi connectivity index (χ0) is 26.3. The third-order valence-electron chi connectivity index (χ3n) is 7.89. The van der Waals surface area contributed by atoms with Gasteiger partial charge < -0.3 is 5.11 Å². The summed E-state index contributed by atoms with van der Waals surface area (Å²) < 4.78 is 0. The van der Waals surface area contributed by atoms with E-state index in [9.17, 15) is 9.90 Å². The smallest absolute Gasteiger partial charge is 0.154 e. The van der Waals surface area contributed by atoms with Gasteiger partial charge in [0.2, 0.25) is 0 Å². The number of hydrogen-bond donors (Lipinski definition) is 1. The van der Waals surface area contributed by atoms with Crippen LogP contribution in [-0.4, -0.2) is 11.4 Å². The fourth-order valence-electron chi connectivity index (χ4n) is 5.58. The first kappa shape index (κ1) is 32.7. The van der Waals surface area contributed by atoms with Crippen molar-refractivity contribution in [2.24, 2.45) is 0 Å². The number of aromatic hydroxyl groups is 1. The fraction of sp³-hybridized carbons (Fsp3) is 0.794. The molecule has 2 nitrogen and oxygen atoms in total. The molecular weight excluding hydrogens is 440 g/mol. The number of unbranched alkanes of at least 4 members (excludes halogenated alkanes) is 18. The maximum atomic E-state index is 12.0. The predicted molar refractivity (Wildman–Crippen MR) is 159 cm³/mol. The van der Waals surface area contributed by atoms with Crippen LogP contribution < -0.4 is 0 Å². The second-order valence-electron chi connectivity index (χ2n) is 11.2. The molecule has 0 unspecified atom stereocenters. The van der Waals surface area contributed by atoms with Gasteiger partial charge in [-0.25, -0.2) is 0 Å². The molecule has 0 heterocycles. The number of aldehydes is 1. The first-order chi connectivity index (χ1) is 17.7. The summed E-state index contributed by atoms with van der Waals surface area (Å²) in [6.07, 6.45) is 31.1. The van der Waals surface area contributed by atoms with E-state index in [2.05, 4.69) is 20.8 Å². The number of carbonyl (C=O) groups excluding carboxylic acids is 1. The van der Waals surface area contributed by atoms with E-state index in [0.717, 1.165) is 32.0 Å². The van der Waals surface area contributed by atoms with Gasteiger partial charge in [-0.15, -0.1) is 0 Å². The Labute approximate surface area is 225 Å². The van der Waals surface area contributed by atoms with Crippen molar-refractivity contribution in [1.82, 2.24) is 0 Å². The van der Waals surface area contributed by atoms with Crippen molar-refractivity contribution in [2.75, 3.05) is 0 Å². The summed E-state index contributed by atoms with van der Waals surface area (Å²) in [7, 11) is 0. The van der Waals surface area contributed by atoms with Crippen LogP contribution in [0.3, 0.4) is 0 Å². The summed E-state index contributed by atoms with van der Waals surface area (Å²) in [4.78, 5) is 12.0. The fourth-order valence-corrected chi connectivity index (χ4v) is 5.58. The van der Waals surface area contributed by atoms with Crippen LogP contribution in [0.4, 0.5) is 0 Å². The number of hydrogen-bond acceptors (Lipinski definition) is 2. The molecule has 0 atom stereocenters. The van der Waals surface area contributed by atoms with E-state index < -0.39 is 0 Å². The number of rotatable bonds is 25. The third kappa shape index (κ3) is 14.4. The lowest BCUT2D eigenvalue weighted by Crippen LogP contribution is -2.06. The Morgan fingerprint density at radius 3 is 1.31 bits per heavy atom. The highest BCUT2D eigenvalue weighted by Gasteiger charge is 2.17. The molecule has 0 saturated carbocycles. The van der Waals surface area contributed by atoms with Crippen LogP contribution in [0.25, 0.3) is 0 Å². The van der Waals surface area contributed by atoms with Crippen LogP contribution >= 0.6 is 0 Å². The normalized spacial score (nSPS) is 11.3. The average molecular weight is 501 g/mol. The van der Waals surface area contributed by atoms with Crippen molar-refractivity contribution in [1.29, 1.82) is 0 Å². The van der Waals surface area contributed by atoms with E-state index in [1.807, 2.05) is 6.07 Å². The topological polar surface area (TPSA) is 37.3 Å². The van der Waals surface area contributed by atoms with Crippen LogP contribution in [-0.2, 0) is 19.3 Å². The standard InChI is InChI=1S/C34H60O2/c1-4-7-10-13-16-19-22-25-30-28-34(36)33(29-35)32(27-24-21-18-15-12-9-6-3)31(30)26-23-20-17-14-11-8-5-2/h28-29,36H,4-27H2,1-3H3. The van der Waals surface area contributed by atoms with E-state index in [1.54, 1.807) is 0 Å². The SMILES string of the molecule is CCCCCCCCCc1cc(O)c(C=O)c(CCCCCCCCC)c1CCCCCCCCC. The second-order valence-corrected chi connectivity index (χ2v) is 11.2. The van der Waals surface area contributed by atoms with Crippen LogP contribution in [0, 0.1) is 0 Å². The summed E-state index contributed by atoms with van der Waals surface area (Å²) in [6.45, 7) is 6.81. The Morgan fingerprint density at radius 1 is 0.528 bits per heavy atom. The zero-order valence-electron chi connectivity index (χ0n) is 24.5. The van der Waals surface area contributed by atoms with Gasteiger partial charge in [-0.05, 0) is 61.3 Å². The monoisotopic (exact) mass is 500 g/mol. The van der Waals surface area contributed by atoms with Gasteiger partial charge in [-0.2, -0.15) is 0 Å². The Kier molecular flexibility index (Phi) is 20.8. The minimum Gasteiger partial charge on any atom is -0.507 e. The maximum absolute atomic E-state index is 12.0. The predicted octanol–water partition coefficient (Wildman–Crippen LogP) is 11.1. The Hall–Kier alpha value is -1.31. The Bertz CT molecular complexity index is 664. The Balaban J connectivity index is 2.82. The largest absolute Gasteiger partial charge is 0.507 e. The molecule has 36 heavy (non-hydrogen) atoms. The highest BCUT2D eigenvalue weighted by molar-refractivity contribution is 5.82. The van der Waals surface area contributed by atoms with Gasteiger partial charge in [0.1, 0.15) is 5.75 Å². The van der Waals surface area contributed by atoms with E-state index >= 15 is 0 Å². The van der Waals surface area contributed by atoms with Crippen LogP contribution in [0.2, 0.25) is 0 Å². The van der Waals surface area contributed by atoms with E-state index in [0.29, 0.717) is 5.56 Å². The summed E-state index contributed by atoms with van der Waals surface area (Å²) >= 11 is 0. The van der Waals surface area contributed by atoms with Crippen molar-refractivity contribution in [3.8, 4) is 5.75 Å². The number of aryl methyl sites for hydroxylation is 1.